The van der Waals surface area contributed by atoms with Crippen molar-refractivity contribution in [1.29, 1.82) is 0 Å². The minimum atomic E-state index is 0.850. The van der Waals surface area contributed by atoms with Gasteiger partial charge in [-0.1, -0.05) is 61.5 Å². The third-order valence-electron chi connectivity index (χ3n) is 11.0. The molecule has 0 bridgehead atoms. The van der Waals surface area contributed by atoms with Crippen LogP contribution in [0.2, 0.25) is 0 Å². The van der Waals surface area contributed by atoms with E-state index in [2.05, 4.69) is 26.1 Å². The van der Waals surface area contributed by atoms with Crippen molar-refractivity contribution >= 4 is 7.85 Å². The van der Waals surface area contributed by atoms with Gasteiger partial charge in [-0.25, -0.2) is 0 Å². The van der Waals surface area contributed by atoms with Gasteiger partial charge in [0.05, 0.1) is 0 Å². The highest BCUT2D eigenvalue weighted by Gasteiger charge is 2.45. The van der Waals surface area contributed by atoms with E-state index in [0.717, 1.165) is 47.3 Å². The lowest BCUT2D eigenvalue weighted by Crippen LogP contribution is -2.41. The van der Waals surface area contributed by atoms with Gasteiger partial charge in [-0.05, 0) is 118 Å². The first-order valence-electron chi connectivity index (χ1n) is 14.4. The van der Waals surface area contributed by atoms with Crippen LogP contribution in [0.1, 0.15) is 103 Å². The minimum Gasteiger partial charge on any atom is -0.107 e. The van der Waals surface area contributed by atoms with Gasteiger partial charge in [0, 0.05) is 0 Å². The first-order chi connectivity index (χ1) is 15.3. The van der Waals surface area contributed by atoms with Crippen molar-refractivity contribution in [2.75, 3.05) is 0 Å². The molecule has 0 heterocycles. The lowest BCUT2D eigenvalue weighted by atomic mass is 9.51. The zero-order valence-corrected chi connectivity index (χ0v) is 20.2. The SMILES string of the molecule is BC1=C2CCCCC2C(C2=CC(C3C=CC4CCCCC4C3)CCC2)C2CCCCC12. The Morgan fingerprint density at radius 3 is 2.35 bits per heavy atom. The fourth-order valence-electron chi connectivity index (χ4n) is 9.53. The van der Waals surface area contributed by atoms with Crippen LogP contribution in [0.4, 0.5) is 0 Å². The van der Waals surface area contributed by atoms with Gasteiger partial charge < -0.3 is 0 Å². The second kappa shape index (κ2) is 8.91. The van der Waals surface area contributed by atoms with Crippen LogP contribution in [0.5, 0.6) is 0 Å². The fraction of sp³-hybridized carbons (Fsp3) is 0.800. The monoisotopic (exact) mass is 416 g/mol. The molecule has 0 spiro atoms. The average molecular weight is 417 g/mol. The van der Waals surface area contributed by atoms with Gasteiger partial charge in [-0.2, -0.15) is 0 Å². The maximum Gasteiger partial charge on any atom is 0.134 e. The maximum atomic E-state index is 2.91. The van der Waals surface area contributed by atoms with Crippen molar-refractivity contribution in [3.05, 3.63) is 34.8 Å². The van der Waals surface area contributed by atoms with Crippen LogP contribution in [0.15, 0.2) is 34.8 Å². The van der Waals surface area contributed by atoms with E-state index in [1.807, 2.05) is 16.6 Å². The summed E-state index contributed by atoms with van der Waals surface area (Å²) < 4.78 is 0. The van der Waals surface area contributed by atoms with E-state index < -0.39 is 0 Å². The van der Waals surface area contributed by atoms with Crippen LogP contribution in [0, 0.1) is 47.3 Å². The molecule has 1 heteroatoms. The molecule has 0 N–H and O–H groups in total. The van der Waals surface area contributed by atoms with Crippen LogP contribution >= 0.6 is 0 Å². The molecule has 0 aromatic rings. The van der Waals surface area contributed by atoms with Crippen molar-refractivity contribution in [3.63, 3.8) is 0 Å². The second-order valence-electron chi connectivity index (χ2n) is 12.4. The molecule has 0 nitrogen and oxygen atoms in total. The van der Waals surface area contributed by atoms with Gasteiger partial charge in [0.25, 0.3) is 0 Å². The highest BCUT2D eigenvalue weighted by atomic mass is 14.5. The molecule has 0 aromatic heterocycles. The van der Waals surface area contributed by atoms with E-state index in [1.54, 1.807) is 0 Å². The molecular formula is C30H45B. The third-order valence-corrected chi connectivity index (χ3v) is 11.0. The normalized spacial score (nSPS) is 45.4. The van der Waals surface area contributed by atoms with Crippen molar-refractivity contribution in [2.24, 2.45) is 47.3 Å². The van der Waals surface area contributed by atoms with Gasteiger partial charge in [-0.15, -0.1) is 5.47 Å². The Morgan fingerprint density at radius 2 is 1.39 bits per heavy atom. The smallest absolute Gasteiger partial charge is 0.107 e. The molecule has 168 valence electrons. The standard InChI is InChI=1S/C30H45B/c31-30-27-14-5-3-12-25(27)29(26-13-4-6-15-28(26)30)24-11-7-10-22(19-24)23-17-16-20-8-1-2-9-21(20)18-23/h16-17,19-23,25-27,29H,1-15,18,31H2. The maximum absolute atomic E-state index is 2.91. The molecule has 6 rings (SSSR count). The Bertz CT molecular complexity index is 756. The molecule has 8 atom stereocenters. The topological polar surface area (TPSA) is 0 Å². The van der Waals surface area contributed by atoms with Crippen molar-refractivity contribution < 1.29 is 0 Å². The fourth-order valence-corrected chi connectivity index (χ4v) is 9.53. The first kappa shape index (κ1) is 20.9. The molecule has 0 aromatic carbocycles. The quantitative estimate of drug-likeness (QED) is 0.321. The van der Waals surface area contributed by atoms with Gasteiger partial charge >= 0.3 is 0 Å². The summed E-state index contributed by atoms with van der Waals surface area (Å²) >= 11 is 0. The molecular weight excluding hydrogens is 371 g/mol. The Labute approximate surface area is 192 Å². The molecule has 31 heavy (non-hydrogen) atoms. The molecule has 6 aliphatic carbocycles. The summed E-state index contributed by atoms with van der Waals surface area (Å²) in [5.41, 5.74) is 5.77. The Kier molecular flexibility index (Phi) is 5.99. The molecule has 8 unspecified atom stereocenters. The van der Waals surface area contributed by atoms with Gasteiger partial charge in [0.15, 0.2) is 0 Å². The average Bonchev–Trinajstić information content (AvgIpc) is 2.84. The summed E-state index contributed by atoms with van der Waals surface area (Å²) in [6.07, 6.45) is 32.0. The molecule has 0 aliphatic heterocycles. The van der Waals surface area contributed by atoms with Crippen LogP contribution in [-0.4, -0.2) is 7.85 Å². The predicted molar refractivity (Wildman–Crippen MR) is 135 cm³/mol. The number of hydrogen-bond acceptors (Lipinski definition) is 0. The van der Waals surface area contributed by atoms with E-state index in [1.165, 1.54) is 103 Å². The molecule has 0 saturated heterocycles. The summed E-state index contributed by atoms with van der Waals surface area (Å²) in [7, 11) is 2.55. The lowest BCUT2D eigenvalue weighted by molar-refractivity contribution is 0.134. The van der Waals surface area contributed by atoms with Gasteiger partial charge in [0.1, 0.15) is 7.85 Å². The highest BCUT2D eigenvalue weighted by molar-refractivity contribution is 6.22. The summed E-state index contributed by atoms with van der Waals surface area (Å²) in [5, 5.41) is 0. The summed E-state index contributed by atoms with van der Waals surface area (Å²) in [5.74, 6) is 7.39. The molecule has 3 saturated carbocycles. The predicted octanol–water partition coefficient (Wildman–Crippen LogP) is 7.61. The zero-order valence-electron chi connectivity index (χ0n) is 20.2. The lowest BCUT2D eigenvalue weighted by Gasteiger charge is -2.51. The number of fused-ring (bicyclic) bond motifs is 3. The molecule has 0 amide bonds. The Morgan fingerprint density at radius 1 is 0.645 bits per heavy atom. The molecule has 3 fully saturated rings. The van der Waals surface area contributed by atoms with E-state index in [4.69, 9.17) is 0 Å². The van der Waals surface area contributed by atoms with Crippen molar-refractivity contribution in [3.8, 4) is 0 Å². The summed E-state index contributed by atoms with van der Waals surface area (Å²) in [6.45, 7) is 0. The third kappa shape index (κ3) is 3.85. The second-order valence-corrected chi connectivity index (χ2v) is 12.4. The van der Waals surface area contributed by atoms with Gasteiger partial charge in [-0.3, -0.25) is 0 Å². The molecule has 6 aliphatic rings. The highest BCUT2D eigenvalue weighted by Crippen LogP contribution is 2.56. The summed E-state index contributed by atoms with van der Waals surface area (Å²) in [6, 6.07) is 0. The largest absolute Gasteiger partial charge is 0.134 e. The van der Waals surface area contributed by atoms with E-state index in [0.29, 0.717) is 0 Å². The Balaban J connectivity index is 1.29. The first-order valence-corrected chi connectivity index (χ1v) is 14.4. The van der Waals surface area contributed by atoms with Crippen LogP contribution in [0.25, 0.3) is 0 Å². The molecule has 0 radical (unpaired) electrons. The van der Waals surface area contributed by atoms with Crippen LogP contribution < -0.4 is 0 Å². The number of rotatable bonds is 2. The van der Waals surface area contributed by atoms with Crippen molar-refractivity contribution in [2.45, 2.75) is 103 Å². The van der Waals surface area contributed by atoms with Crippen LogP contribution in [-0.2, 0) is 0 Å². The van der Waals surface area contributed by atoms with Crippen LogP contribution in [0.3, 0.4) is 0 Å². The number of hydrogen-bond donors (Lipinski definition) is 0. The minimum absolute atomic E-state index is 0.850. The van der Waals surface area contributed by atoms with E-state index >= 15 is 0 Å². The van der Waals surface area contributed by atoms with E-state index in [9.17, 15) is 0 Å². The number of allylic oxidation sites excluding steroid dienone is 6. The Hall–Kier alpha value is -0.715. The zero-order chi connectivity index (χ0) is 20.8. The van der Waals surface area contributed by atoms with Gasteiger partial charge in [0.2, 0.25) is 0 Å². The summed E-state index contributed by atoms with van der Waals surface area (Å²) in [4.78, 5) is 0. The van der Waals surface area contributed by atoms with E-state index in [-0.39, 0.29) is 0 Å². The van der Waals surface area contributed by atoms with Crippen molar-refractivity contribution in [1.82, 2.24) is 0 Å².